The quantitative estimate of drug-likeness (QED) is 0.729. The summed E-state index contributed by atoms with van der Waals surface area (Å²) in [6.45, 7) is 8.22. The molecular weight excluding hydrogens is 260 g/mol. The molecule has 1 rings (SSSR count). The number of carboxylic acids is 1. The number of likely N-dealkylation sites (tertiary alicyclic amines) is 1. The maximum atomic E-state index is 12.1. The molecule has 1 unspecified atom stereocenters. The van der Waals surface area contributed by atoms with Crippen LogP contribution >= 0.6 is 0 Å². The highest BCUT2D eigenvalue weighted by Crippen LogP contribution is 2.22. The lowest BCUT2D eigenvalue weighted by molar-refractivity contribution is -0.142. The molecule has 6 heteroatoms. The molecule has 1 heterocycles. The van der Waals surface area contributed by atoms with Gasteiger partial charge in [-0.1, -0.05) is 20.8 Å². The molecule has 0 aromatic heterocycles. The van der Waals surface area contributed by atoms with Crippen LogP contribution in [0.1, 0.15) is 40.5 Å². The Hall–Kier alpha value is -1.30. The van der Waals surface area contributed by atoms with Gasteiger partial charge in [0.25, 0.3) is 0 Å². The maximum Gasteiger partial charge on any atom is 0.326 e. The smallest absolute Gasteiger partial charge is 0.326 e. The summed E-state index contributed by atoms with van der Waals surface area (Å²) in [7, 11) is 0. The number of rotatable bonds is 3. The zero-order chi connectivity index (χ0) is 15.5. The normalized spacial score (nSPS) is 20.4. The second-order valence-electron chi connectivity index (χ2n) is 6.65. The molecule has 20 heavy (non-hydrogen) atoms. The number of aliphatic hydroxyl groups is 1. The van der Waals surface area contributed by atoms with E-state index in [1.165, 1.54) is 0 Å². The molecule has 6 nitrogen and oxygen atoms in total. The van der Waals surface area contributed by atoms with Gasteiger partial charge in [0.2, 0.25) is 0 Å². The average molecular weight is 286 g/mol. The molecule has 0 saturated carbocycles. The van der Waals surface area contributed by atoms with Gasteiger partial charge in [-0.15, -0.1) is 0 Å². The van der Waals surface area contributed by atoms with Crippen LogP contribution in [0.3, 0.4) is 0 Å². The van der Waals surface area contributed by atoms with E-state index in [0.717, 1.165) is 12.8 Å². The topological polar surface area (TPSA) is 89.9 Å². The number of carboxylic acid groups (broad SMARTS) is 1. The summed E-state index contributed by atoms with van der Waals surface area (Å²) in [4.78, 5) is 25.0. The molecule has 1 aliphatic heterocycles. The standard InChI is InChI=1S/C14H26N2O4/c1-9(17)10-5-7-16(8-6-10)13(20)15-11(12(18)19)14(2,3)4/h9-11,17H,5-8H2,1-4H3,(H,15,20)(H,18,19)/t9?,11-/m0/s1. The average Bonchev–Trinajstić information content (AvgIpc) is 2.33. The van der Waals surface area contributed by atoms with Crippen LogP contribution in [0.2, 0.25) is 0 Å². The molecule has 0 radical (unpaired) electrons. The van der Waals surface area contributed by atoms with E-state index in [1.807, 2.05) is 0 Å². The van der Waals surface area contributed by atoms with E-state index in [2.05, 4.69) is 5.32 Å². The van der Waals surface area contributed by atoms with Gasteiger partial charge in [0.15, 0.2) is 0 Å². The van der Waals surface area contributed by atoms with Crippen molar-refractivity contribution in [1.82, 2.24) is 10.2 Å². The molecule has 3 N–H and O–H groups in total. The number of nitrogens with zero attached hydrogens (tertiary/aromatic N) is 1. The molecule has 1 saturated heterocycles. The molecular formula is C14H26N2O4. The number of piperidine rings is 1. The fourth-order valence-electron chi connectivity index (χ4n) is 2.45. The molecule has 0 spiro atoms. The molecule has 116 valence electrons. The van der Waals surface area contributed by atoms with Gasteiger partial charge >= 0.3 is 12.0 Å². The Balaban J connectivity index is 2.57. The third-order valence-corrected chi connectivity index (χ3v) is 3.89. The van der Waals surface area contributed by atoms with E-state index in [1.54, 1.807) is 32.6 Å². The van der Waals surface area contributed by atoms with Crippen molar-refractivity contribution in [1.29, 1.82) is 0 Å². The Kier molecular flexibility index (Phi) is 5.39. The summed E-state index contributed by atoms with van der Waals surface area (Å²) >= 11 is 0. The summed E-state index contributed by atoms with van der Waals surface area (Å²) in [5.74, 6) is -0.804. The van der Waals surface area contributed by atoms with Gasteiger partial charge in [-0.2, -0.15) is 0 Å². The zero-order valence-corrected chi connectivity index (χ0v) is 12.7. The summed E-state index contributed by atoms with van der Waals surface area (Å²) in [5.41, 5.74) is -0.542. The van der Waals surface area contributed by atoms with Crippen molar-refractivity contribution in [2.24, 2.45) is 11.3 Å². The van der Waals surface area contributed by atoms with Crippen LogP contribution < -0.4 is 5.32 Å². The van der Waals surface area contributed by atoms with Crippen molar-refractivity contribution in [3.05, 3.63) is 0 Å². The molecule has 1 fully saturated rings. The lowest BCUT2D eigenvalue weighted by Crippen LogP contribution is -2.54. The largest absolute Gasteiger partial charge is 0.480 e. The van der Waals surface area contributed by atoms with Gasteiger partial charge in [-0.25, -0.2) is 9.59 Å². The number of urea groups is 1. The van der Waals surface area contributed by atoms with E-state index >= 15 is 0 Å². The van der Waals surface area contributed by atoms with Crippen LogP contribution in [0.15, 0.2) is 0 Å². The van der Waals surface area contributed by atoms with E-state index in [0.29, 0.717) is 13.1 Å². The molecule has 0 aromatic rings. The number of hydrogen-bond donors (Lipinski definition) is 3. The second-order valence-corrected chi connectivity index (χ2v) is 6.65. The second kappa shape index (κ2) is 6.43. The Morgan fingerprint density at radius 3 is 2.10 bits per heavy atom. The minimum atomic E-state index is -1.02. The maximum absolute atomic E-state index is 12.1. The first-order valence-electron chi connectivity index (χ1n) is 7.09. The lowest BCUT2D eigenvalue weighted by Gasteiger charge is -2.35. The van der Waals surface area contributed by atoms with Crippen molar-refractivity contribution < 1.29 is 19.8 Å². The Labute approximate surface area is 120 Å². The highest BCUT2D eigenvalue weighted by Gasteiger charge is 2.34. The van der Waals surface area contributed by atoms with E-state index in [4.69, 9.17) is 0 Å². The fraction of sp³-hybridized carbons (Fsp3) is 0.857. The summed E-state index contributed by atoms with van der Waals surface area (Å²) in [6, 6.07) is -1.25. The first-order chi connectivity index (χ1) is 9.12. The minimum absolute atomic E-state index is 0.219. The first-order valence-corrected chi connectivity index (χ1v) is 7.09. The Bertz CT molecular complexity index is 355. The third-order valence-electron chi connectivity index (χ3n) is 3.89. The first kappa shape index (κ1) is 16.8. The van der Waals surface area contributed by atoms with Gasteiger partial charge in [0, 0.05) is 13.1 Å². The number of carbonyl (C=O) groups excluding carboxylic acids is 1. The van der Waals surface area contributed by atoms with Crippen LogP contribution in [-0.2, 0) is 4.79 Å². The highest BCUT2D eigenvalue weighted by atomic mass is 16.4. The highest BCUT2D eigenvalue weighted by molar-refractivity contribution is 5.83. The fourth-order valence-corrected chi connectivity index (χ4v) is 2.45. The van der Waals surface area contributed by atoms with Gasteiger partial charge < -0.3 is 20.4 Å². The van der Waals surface area contributed by atoms with E-state index in [9.17, 15) is 19.8 Å². The van der Waals surface area contributed by atoms with Crippen molar-refractivity contribution in [2.75, 3.05) is 13.1 Å². The minimum Gasteiger partial charge on any atom is -0.480 e. The molecule has 0 aliphatic carbocycles. The Morgan fingerprint density at radius 2 is 1.75 bits per heavy atom. The predicted octanol–water partition coefficient (Wildman–Crippen LogP) is 1.29. The number of carbonyl (C=O) groups is 2. The number of amides is 2. The predicted molar refractivity (Wildman–Crippen MR) is 75.4 cm³/mol. The van der Waals surface area contributed by atoms with Gasteiger partial charge in [-0.3, -0.25) is 0 Å². The number of nitrogens with one attached hydrogen (secondary N) is 1. The molecule has 1 aliphatic rings. The monoisotopic (exact) mass is 286 g/mol. The van der Waals surface area contributed by atoms with Crippen molar-refractivity contribution in [3.8, 4) is 0 Å². The molecule has 2 amide bonds. The zero-order valence-electron chi connectivity index (χ0n) is 12.7. The van der Waals surface area contributed by atoms with Crippen LogP contribution in [-0.4, -0.2) is 52.3 Å². The Morgan fingerprint density at radius 1 is 1.25 bits per heavy atom. The van der Waals surface area contributed by atoms with E-state index < -0.39 is 17.4 Å². The van der Waals surface area contributed by atoms with Gasteiger partial charge in [0.05, 0.1) is 6.10 Å². The van der Waals surface area contributed by atoms with Crippen LogP contribution in [0.25, 0.3) is 0 Å². The van der Waals surface area contributed by atoms with Crippen LogP contribution in [0.4, 0.5) is 4.79 Å². The summed E-state index contributed by atoms with van der Waals surface area (Å²) in [5, 5.41) is 21.3. The molecule has 2 atom stereocenters. The van der Waals surface area contributed by atoms with Crippen molar-refractivity contribution >= 4 is 12.0 Å². The van der Waals surface area contributed by atoms with Crippen molar-refractivity contribution in [2.45, 2.75) is 52.7 Å². The third kappa shape index (κ3) is 4.37. The molecule has 0 aromatic carbocycles. The number of aliphatic carboxylic acids is 1. The number of hydrogen-bond acceptors (Lipinski definition) is 3. The summed E-state index contributed by atoms with van der Waals surface area (Å²) < 4.78 is 0. The summed E-state index contributed by atoms with van der Waals surface area (Å²) in [6.07, 6.45) is 1.14. The van der Waals surface area contributed by atoms with Gasteiger partial charge in [0.1, 0.15) is 6.04 Å². The van der Waals surface area contributed by atoms with Crippen LogP contribution in [0.5, 0.6) is 0 Å². The van der Waals surface area contributed by atoms with Gasteiger partial charge in [-0.05, 0) is 31.1 Å². The van der Waals surface area contributed by atoms with E-state index in [-0.39, 0.29) is 18.1 Å². The lowest BCUT2D eigenvalue weighted by atomic mass is 9.87. The van der Waals surface area contributed by atoms with Crippen molar-refractivity contribution in [3.63, 3.8) is 0 Å². The van der Waals surface area contributed by atoms with Crippen LogP contribution in [0, 0.1) is 11.3 Å². The molecule has 0 bridgehead atoms. The number of aliphatic hydroxyl groups excluding tert-OH is 1. The SMILES string of the molecule is CC(O)C1CCN(C(=O)N[C@@H](C(=O)O)C(C)(C)C)CC1.